The fraction of sp³-hybridized carbons (Fsp3) is 0.250. The van der Waals surface area contributed by atoms with Gasteiger partial charge in [-0.1, -0.05) is 6.07 Å². The number of nitrogens with zero attached hydrogens (tertiary/aromatic N) is 5. The molecule has 1 aliphatic rings. The fourth-order valence-electron chi connectivity index (χ4n) is 4.13. The van der Waals surface area contributed by atoms with E-state index < -0.39 is 21.5 Å². The zero-order valence-electron chi connectivity index (χ0n) is 19.9. The van der Waals surface area contributed by atoms with Gasteiger partial charge in [0.1, 0.15) is 0 Å². The Balaban J connectivity index is 1.34. The molecule has 4 aromatic rings. The van der Waals surface area contributed by atoms with E-state index in [0.29, 0.717) is 29.7 Å². The van der Waals surface area contributed by atoms with Crippen LogP contribution in [-0.2, 0) is 16.3 Å². The molecule has 13 heteroatoms. The summed E-state index contributed by atoms with van der Waals surface area (Å²) >= 11 is 0. The second kappa shape index (κ2) is 9.48. The first-order chi connectivity index (χ1) is 17.5. The lowest BCUT2D eigenvalue weighted by molar-refractivity contribution is 0.0115. The van der Waals surface area contributed by atoms with Crippen LogP contribution in [-0.4, -0.2) is 71.3 Å². The molecule has 10 nitrogen and oxygen atoms in total. The minimum absolute atomic E-state index is 0.129. The third kappa shape index (κ3) is 5.89. The molecule has 1 amide bonds. The molecule has 3 N–H and O–H groups in total. The normalized spacial score (nSPS) is 16.9. The Bertz CT molecular complexity index is 1570. The summed E-state index contributed by atoms with van der Waals surface area (Å²) in [6, 6.07) is 7.43. The number of hydrogen-bond acceptors (Lipinski definition) is 7. The quantitative estimate of drug-likeness (QED) is 0.316. The maximum absolute atomic E-state index is 13.6. The SMILES string of the molecule is C=S(C)(=O)Nc1ncc(NC(=O)c2n[nH]c3ccc(-c4cncc(CN5CCC(F)(F)C5)c4)cc23)cn1. The number of rotatable bonds is 7. The van der Waals surface area contributed by atoms with Crippen molar-refractivity contribution in [2.24, 2.45) is 0 Å². The second-order valence-corrected chi connectivity index (χ2v) is 11.3. The Morgan fingerprint density at radius 1 is 1.19 bits per heavy atom. The third-order valence-corrected chi connectivity index (χ3v) is 6.39. The number of nitrogens with one attached hydrogen (secondary N) is 3. The molecule has 192 valence electrons. The molecule has 0 bridgehead atoms. The zero-order valence-corrected chi connectivity index (χ0v) is 20.7. The standard InChI is InChI=1S/C24H24F2N8O2S/c1-37(2,36)33-23-28-11-18(12-29-23)30-22(35)21-19-8-16(3-4-20(19)31-32-21)17-7-15(9-27-10-17)13-34-6-5-24(25,26)14-34/h3-4,7-12H,1,5-6,13-14H2,2H3,(H,30,35)(H,31,32)(H,28,29,33,36). The molecule has 1 fully saturated rings. The predicted molar refractivity (Wildman–Crippen MR) is 139 cm³/mol. The van der Waals surface area contributed by atoms with Gasteiger partial charge in [-0.15, -0.1) is 0 Å². The molecular weight excluding hydrogens is 502 g/mol. The van der Waals surface area contributed by atoms with Crippen molar-refractivity contribution < 1.29 is 17.8 Å². The number of aromatic amines is 1. The zero-order chi connectivity index (χ0) is 26.2. The number of carbonyl (C=O) groups is 1. The summed E-state index contributed by atoms with van der Waals surface area (Å²) in [7, 11) is -2.53. The number of halogens is 2. The molecule has 4 heterocycles. The number of carbonyl (C=O) groups excluding carboxylic acids is 1. The average molecular weight is 527 g/mol. The summed E-state index contributed by atoms with van der Waals surface area (Å²) in [5.41, 5.74) is 3.61. The lowest BCUT2D eigenvalue weighted by Crippen LogP contribution is -2.24. The predicted octanol–water partition coefficient (Wildman–Crippen LogP) is 3.18. The number of H-pyrrole nitrogens is 1. The first kappa shape index (κ1) is 24.7. The van der Waals surface area contributed by atoms with E-state index in [-0.39, 0.29) is 24.6 Å². The van der Waals surface area contributed by atoms with Crippen LogP contribution < -0.4 is 10.0 Å². The van der Waals surface area contributed by atoms with Crippen LogP contribution in [0.4, 0.5) is 20.4 Å². The smallest absolute Gasteiger partial charge is 0.276 e. The Morgan fingerprint density at radius 3 is 2.68 bits per heavy atom. The van der Waals surface area contributed by atoms with Gasteiger partial charge in [0.2, 0.25) is 5.95 Å². The first-order valence-electron chi connectivity index (χ1n) is 11.3. The van der Waals surface area contributed by atoms with Gasteiger partial charge in [0.05, 0.1) is 30.1 Å². The van der Waals surface area contributed by atoms with E-state index in [9.17, 15) is 17.8 Å². The van der Waals surface area contributed by atoms with Crippen molar-refractivity contribution in [3.63, 3.8) is 0 Å². The van der Waals surface area contributed by atoms with E-state index in [1.807, 2.05) is 24.3 Å². The Hall–Kier alpha value is -3.97. The van der Waals surface area contributed by atoms with E-state index in [1.165, 1.54) is 18.6 Å². The molecular formula is C24H24F2N8O2S. The van der Waals surface area contributed by atoms with Crippen LogP contribution >= 0.6 is 0 Å². The number of benzene rings is 1. The van der Waals surface area contributed by atoms with Gasteiger partial charge in [0.15, 0.2) is 5.69 Å². The van der Waals surface area contributed by atoms with Crippen LogP contribution in [0.5, 0.6) is 0 Å². The third-order valence-electron chi connectivity index (χ3n) is 5.78. The van der Waals surface area contributed by atoms with Crippen LogP contribution in [0.15, 0.2) is 49.1 Å². The van der Waals surface area contributed by atoms with Gasteiger partial charge < -0.3 is 5.32 Å². The number of amides is 1. The van der Waals surface area contributed by atoms with Gasteiger partial charge in [-0.3, -0.25) is 24.5 Å². The van der Waals surface area contributed by atoms with E-state index >= 15 is 0 Å². The molecule has 5 rings (SSSR count). The minimum Gasteiger partial charge on any atom is -0.318 e. The van der Waals surface area contributed by atoms with Gasteiger partial charge in [-0.2, -0.15) is 5.10 Å². The molecule has 0 radical (unpaired) electrons. The summed E-state index contributed by atoms with van der Waals surface area (Å²) in [5, 5.41) is 10.3. The van der Waals surface area contributed by atoms with E-state index in [1.54, 1.807) is 17.3 Å². The maximum atomic E-state index is 13.6. The number of likely N-dealkylation sites (tertiary alicyclic amines) is 1. The first-order valence-corrected chi connectivity index (χ1v) is 13.4. The van der Waals surface area contributed by atoms with Gasteiger partial charge in [0, 0.05) is 58.8 Å². The lowest BCUT2D eigenvalue weighted by Gasteiger charge is -2.15. The number of aromatic nitrogens is 5. The van der Waals surface area contributed by atoms with Crippen molar-refractivity contribution in [1.82, 2.24) is 30.0 Å². The van der Waals surface area contributed by atoms with E-state index in [2.05, 4.69) is 41.1 Å². The number of hydrogen-bond donors (Lipinski definition) is 3. The van der Waals surface area contributed by atoms with Crippen molar-refractivity contribution in [3.8, 4) is 11.1 Å². The molecule has 0 aliphatic carbocycles. The fourth-order valence-corrected chi connectivity index (χ4v) is 4.62. The van der Waals surface area contributed by atoms with Crippen LogP contribution in [0, 0.1) is 0 Å². The van der Waals surface area contributed by atoms with Crippen LogP contribution in [0.3, 0.4) is 0 Å². The molecule has 1 unspecified atom stereocenters. The van der Waals surface area contributed by atoms with Gasteiger partial charge in [-0.05, 0) is 35.2 Å². The summed E-state index contributed by atoms with van der Waals surface area (Å²) < 4.78 is 41.4. The van der Waals surface area contributed by atoms with Crippen LogP contribution in [0.25, 0.3) is 22.0 Å². The van der Waals surface area contributed by atoms with Gasteiger partial charge >= 0.3 is 0 Å². The highest BCUT2D eigenvalue weighted by atomic mass is 32.2. The number of pyridine rings is 1. The van der Waals surface area contributed by atoms with Crippen LogP contribution in [0.2, 0.25) is 0 Å². The monoisotopic (exact) mass is 526 g/mol. The topological polar surface area (TPSA) is 129 Å². The van der Waals surface area contributed by atoms with Crippen LogP contribution in [0.1, 0.15) is 22.5 Å². The van der Waals surface area contributed by atoms with E-state index in [0.717, 1.165) is 16.7 Å². The van der Waals surface area contributed by atoms with Crippen molar-refractivity contribution in [2.75, 3.05) is 29.4 Å². The highest BCUT2D eigenvalue weighted by Gasteiger charge is 2.37. The molecule has 1 aliphatic heterocycles. The summed E-state index contributed by atoms with van der Waals surface area (Å²) in [6.07, 6.45) is 7.42. The number of fused-ring (bicyclic) bond motifs is 1. The largest absolute Gasteiger partial charge is 0.318 e. The molecule has 1 aromatic carbocycles. The summed E-state index contributed by atoms with van der Waals surface area (Å²) in [6.45, 7) is 0.476. The number of anilines is 2. The molecule has 1 atom stereocenters. The summed E-state index contributed by atoms with van der Waals surface area (Å²) in [4.78, 5) is 27.0. The second-order valence-electron chi connectivity index (χ2n) is 9.09. The van der Waals surface area contributed by atoms with Crippen molar-refractivity contribution in [2.45, 2.75) is 18.9 Å². The minimum atomic E-state index is -2.65. The maximum Gasteiger partial charge on any atom is 0.276 e. The van der Waals surface area contributed by atoms with Crippen molar-refractivity contribution in [3.05, 3.63) is 60.3 Å². The Morgan fingerprint density at radius 2 is 1.97 bits per heavy atom. The van der Waals surface area contributed by atoms with Crippen molar-refractivity contribution in [1.29, 1.82) is 0 Å². The molecule has 0 saturated carbocycles. The molecule has 3 aromatic heterocycles. The molecule has 0 spiro atoms. The summed E-state index contributed by atoms with van der Waals surface area (Å²) in [5.74, 6) is 0.498. The molecule has 37 heavy (non-hydrogen) atoms. The van der Waals surface area contributed by atoms with Crippen molar-refractivity contribution >= 4 is 44.0 Å². The Kier molecular flexibility index (Phi) is 6.33. The number of alkyl halides is 2. The average Bonchev–Trinajstić information content (AvgIpc) is 3.41. The Labute approximate surface area is 211 Å². The van der Waals surface area contributed by atoms with E-state index in [4.69, 9.17) is 0 Å². The lowest BCUT2D eigenvalue weighted by atomic mass is 10.0. The van der Waals surface area contributed by atoms with Gasteiger partial charge in [-0.25, -0.2) is 23.0 Å². The highest BCUT2D eigenvalue weighted by Crippen LogP contribution is 2.29. The highest BCUT2D eigenvalue weighted by molar-refractivity contribution is 8.00. The molecule has 1 saturated heterocycles. The van der Waals surface area contributed by atoms with Gasteiger partial charge in [0.25, 0.3) is 11.8 Å².